The van der Waals surface area contributed by atoms with Gasteiger partial charge in [-0.1, -0.05) is 0 Å². The van der Waals surface area contributed by atoms with E-state index in [-0.39, 0.29) is 23.5 Å². The Morgan fingerprint density at radius 2 is 1.86 bits per heavy atom. The lowest BCUT2D eigenvalue weighted by atomic mass is 9.92. The third-order valence-electron chi connectivity index (χ3n) is 3.50. The van der Waals surface area contributed by atoms with Crippen molar-refractivity contribution in [3.8, 4) is 0 Å². The lowest BCUT2D eigenvalue weighted by Crippen LogP contribution is -2.45. The van der Waals surface area contributed by atoms with E-state index in [2.05, 4.69) is 20.9 Å². The molecule has 1 atom stereocenters. The molecule has 1 heterocycles. The minimum Gasteiger partial charge on any atom is -0.357 e. The van der Waals surface area contributed by atoms with Crippen LogP contribution in [-0.2, 0) is 14.6 Å². The molecule has 1 aliphatic rings. The van der Waals surface area contributed by atoms with E-state index < -0.39 is 15.3 Å². The molecule has 0 bridgehead atoms. The summed E-state index contributed by atoms with van der Waals surface area (Å²) in [6, 6.07) is -0.115. The van der Waals surface area contributed by atoms with Crippen molar-refractivity contribution in [2.24, 2.45) is 10.4 Å². The van der Waals surface area contributed by atoms with Crippen LogP contribution in [0.15, 0.2) is 4.99 Å². The van der Waals surface area contributed by atoms with Crippen LogP contribution in [-0.4, -0.2) is 57.5 Å². The number of rotatable bonds is 6. The number of aliphatic imine (C=N–C) groups is 1. The average molecular weight is 332 g/mol. The molecule has 0 aliphatic carbocycles. The monoisotopic (exact) mass is 332 g/mol. The molecule has 1 rings (SSSR count). The number of carbonyl (C=O) groups excluding carboxylic acids is 1. The first-order valence-electron chi connectivity index (χ1n) is 7.73. The summed E-state index contributed by atoms with van der Waals surface area (Å²) in [5, 5.41) is 9.03. The van der Waals surface area contributed by atoms with E-state index >= 15 is 0 Å². The van der Waals surface area contributed by atoms with E-state index in [1.54, 1.807) is 0 Å². The zero-order chi connectivity index (χ0) is 16.8. The standard InChI is InChI=1S/C14H28N4O3S/c1-5-15-12(19)14(3,4)10-17-13(16-6-2)18-11-7-8-22(20,21)9-11/h11H,5-10H2,1-4H3,(H,15,19)(H2,16,17,18). The van der Waals surface area contributed by atoms with E-state index in [1.165, 1.54) is 0 Å². The van der Waals surface area contributed by atoms with Crippen LogP contribution in [0.4, 0.5) is 0 Å². The van der Waals surface area contributed by atoms with E-state index in [0.29, 0.717) is 32.0 Å². The zero-order valence-electron chi connectivity index (χ0n) is 13.9. The molecule has 1 unspecified atom stereocenters. The van der Waals surface area contributed by atoms with Gasteiger partial charge in [-0.2, -0.15) is 0 Å². The number of hydrogen-bond acceptors (Lipinski definition) is 4. The highest BCUT2D eigenvalue weighted by atomic mass is 32.2. The highest BCUT2D eigenvalue weighted by Crippen LogP contribution is 2.16. The molecule has 0 aromatic rings. The fraction of sp³-hybridized carbons (Fsp3) is 0.857. The van der Waals surface area contributed by atoms with Crippen LogP contribution in [0, 0.1) is 5.41 Å². The molecule has 1 saturated heterocycles. The van der Waals surface area contributed by atoms with Gasteiger partial charge in [0.05, 0.1) is 23.5 Å². The lowest BCUT2D eigenvalue weighted by Gasteiger charge is -2.22. The van der Waals surface area contributed by atoms with E-state index in [4.69, 9.17) is 0 Å². The number of nitrogens with one attached hydrogen (secondary N) is 3. The Kier molecular flexibility index (Phi) is 6.65. The summed E-state index contributed by atoms with van der Waals surface area (Å²) in [6.07, 6.45) is 0.590. The predicted molar refractivity (Wildman–Crippen MR) is 88.6 cm³/mol. The fourth-order valence-electron chi connectivity index (χ4n) is 2.17. The van der Waals surface area contributed by atoms with E-state index in [9.17, 15) is 13.2 Å². The highest BCUT2D eigenvalue weighted by molar-refractivity contribution is 7.91. The second-order valence-electron chi connectivity index (χ2n) is 6.18. The Labute approximate surface area is 133 Å². The molecule has 1 amide bonds. The molecular weight excluding hydrogens is 304 g/mol. The van der Waals surface area contributed by atoms with E-state index in [0.717, 1.165) is 0 Å². The Bertz CT molecular complexity index is 514. The normalized spacial score (nSPS) is 21.5. The number of amides is 1. The first-order chi connectivity index (χ1) is 10.2. The SMILES string of the molecule is CCNC(=O)C(C)(C)CN=C(NCC)NC1CCS(=O)(=O)C1. The van der Waals surface area contributed by atoms with Crippen molar-refractivity contribution < 1.29 is 13.2 Å². The second-order valence-corrected chi connectivity index (χ2v) is 8.41. The number of sulfone groups is 1. The minimum absolute atomic E-state index is 0.0435. The molecule has 0 saturated carbocycles. The number of carbonyl (C=O) groups is 1. The second kappa shape index (κ2) is 7.80. The number of hydrogen-bond donors (Lipinski definition) is 3. The lowest BCUT2D eigenvalue weighted by molar-refractivity contribution is -0.128. The molecule has 0 radical (unpaired) electrons. The van der Waals surface area contributed by atoms with Gasteiger partial charge in [0.2, 0.25) is 5.91 Å². The maximum atomic E-state index is 12.0. The summed E-state index contributed by atoms with van der Waals surface area (Å²) < 4.78 is 23.0. The molecule has 8 heteroatoms. The smallest absolute Gasteiger partial charge is 0.227 e. The first kappa shape index (κ1) is 18.7. The molecule has 0 spiro atoms. The third-order valence-corrected chi connectivity index (χ3v) is 5.27. The van der Waals surface area contributed by atoms with Gasteiger partial charge in [0.25, 0.3) is 0 Å². The van der Waals surface area contributed by atoms with Crippen molar-refractivity contribution in [2.75, 3.05) is 31.1 Å². The number of nitrogens with zero attached hydrogens (tertiary/aromatic N) is 1. The molecule has 0 aromatic heterocycles. The Morgan fingerprint density at radius 1 is 1.23 bits per heavy atom. The van der Waals surface area contributed by atoms with Crippen molar-refractivity contribution in [3.63, 3.8) is 0 Å². The van der Waals surface area contributed by atoms with Crippen LogP contribution in [0.3, 0.4) is 0 Å². The van der Waals surface area contributed by atoms with Crippen molar-refractivity contribution in [2.45, 2.75) is 40.2 Å². The average Bonchev–Trinajstić information content (AvgIpc) is 2.76. The Hall–Kier alpha value is -1.31. The summed E-state index contributed by atoms with van der Waals surface area (Å²) in [5.41, 5.74) is -0.611. The summed E-state index contributed by atoms with van der Waals surface area (Å²) >= 11 is 0. The zero-order valence-corrected chi connectivity index (χ0v) is 14.7. The molecule has 1 fully saturated rings. The summed E-state index contributed by atoms with van der Waals surface area (Å²) in [7, 11) is -2.93. The van der Waals surface area contributed by atoms with Gasteiger partial charge >= 0.3 is 0 Å². The maximum absolute atomic E-state index is 12.0. The highest BCUT2D eigenvalue weighted by Gasteiger charge is 2.29. The van der Waals surface area contributed by atoms with Crippen LogP contribution < -0.4 is 16.0 Å². The van der Waals surface area contributed by atoms with Gasteiger partial charge in [-0.3, -0.25) is 9.79 Å². The molecule has 7 nitrogen and oxygen atoms in total. The summed E-state index contributed by atoms with van der Waals surface area (Å²) in [6.45, 7) is 9.09. The van der Waals surface area contributed by atoms with Crippen molar-refractivity contribution >= 4 is 21.7 Å². The maximum Gasteiger partial charge on any atom is 0.227 e. The molecular formula is C14H28N4O3S. The van der Waals surface area contributed by atoms with Crippen molar-refractivity contribution in [1.29, 1.82) is 0 Å². The Balaban J connectivity index is 2.68. The molecule has 128 valence electrons. The van der Waals surface area contributed by atoms with Crippen LogP contribution in [0.2, 0.25) is 0 Å². The summed E-state index contributed by atoms with van der Waals surface area (Å²) in [4.78, 5) is 16.4. The Morgan fingerprint density at radius 3 is 2.36 bits per heavy atom. The van der Waals surface area contributed by atoms with Gasteiger partial charge in [0, 0.05) is 19.1 Å². The minimum atomic E-state index is -2.93. The largest absolute Gasteiger partial charge is 0.357 e. The molecule has 0 aromatic carbocycles. The van der Waals surface area contributed by atoms with Gasteiger partial charge in [-0.05, 0) is 34.1 Å². The van der Waals surface area contributed by atoms with Crippen LogP contribution in [0.5, 0.6) is 0 Å². The van der Waals surface area contributed by atoms with Crippen molar-refractivity contribution in [1.82, 2.24) is 16.0 Å². The van der Waals surface area contributed by atoms with Crippen LogP contribution >= 0.6 is 0 Å². The van der Waals surface area contributed by atoms with Crippen molar-refractivity contribution in [3.05, 3.63) is 0 Å². The molecule has 3 N–H and O–H groups in total. The van der Waals surface area contributed by atoms with Gasteiger partial charge in [0.1, 0.15) is 0 Å². The fourth-order valence-corrected chi connectivity index (χ4v) is 3.84. The van der Waals surface area contributed by atoms with Crippen LogP contribution in [0.1, 0.15) is 34.1 Å². The van der Waals surface area contributed by atoms with Gasteiger partial charge in [-0.25, -0.2) is 8.42 Å². The molecule has 22 heavy (non-hydrogen) atoms. The first-order valence-corrected chi connectivity index (χ1v) is 9.56. The summed E-state index contributed by atoms with van der Waals surface area (Å²) in [5.74, 6) is 0.867. The predicted octanol–water partition coefficient (Wildman–Crippen LogP) is -0.109. The topological polar surface area (TPSA) is 99.7 Å². The quantitative estimate of drug-likeness (QED) is 0.466. The van der Waals surface area contributed by atoms with Gasteiger partial charge < -0.3 is 16.0 Å². The van der Waals surface area contributed by atoms with Gasteiger partial charge in [-0.15, -0.1) is 0 Å². The molecule has 1 aliphatic heterocycles. The third kappa shape index (κ3) is 5.82. The van der Waals surface area contributed by atoms with E-state index in [1.807, 2.05) is 27.7 Å². The number of guanidine groups is 1. The van der Waals surface area contributed by atoms with Gasteiger partial charge in [0.15, 0.2) is 15.8 Å². The van der Waals surface area contributed by atoms with Crippen LogP contribution in [0.25, 0.3) is 0 Å².